The molecule has 0 radical (unpaired) electrons. The van der Waals surface area contributed by atoms with Crippen molar-refractivity contribution in [3.8, 4) is 0 Å². The Kier molecular flexibility index (Phi) is 6.30. The summed E-state index contributed by atoms with van der Waals surface area (Å²) < 4.78 is 28.6. The van der Waals surface area contributed by atoms with E-state index in [9.17, 15) is 18.3 Å². The minimum atomic E-state index is -4.02. The normalized spacial score (nSPS) is 14.1. The van der Waals surface area contributed by atoms with Gasteiger partial charge in [-0.3, -0.25) is 4.79 Å². The lowest BCUT2D eigenvalue weighted by atomic mass is 10.2. The van der Waals surface area contributed by atoms with Crippen LogP contribution in [0.2, 0.25) is 10.2 Å². The lowest BCUT2D eigenvalue weighted by Gasteiger charge is -2.16. The van der Waals surface area contributed by atoms with E-state index in [1.807, 2.05) is 0 Å². The molecule has 2 unspecified atom stereocenters. The first-order valence-electron chi connectivity index (χ1n) is 7.51. The van der Waals surface area contributed by atoms with Gasteiger partial charge in [0.1, 0.15) is 15.7 Å². The van der Waals surface area contributed by atoms with Gasteiger partial charge in [0.05, 0.1) is 11.1 Å². The number of anilines is 1. The van der Waals surface area contributed by atoms with Crippen LogP contribution in [0.3, 0.4) is 0 Å². The van der Waals surface area contributed by atoms with Crippen molar-refractivity contribution in [3.63, 3.8) is 0 Å². The van der Waals surface area contributed by atoms with Gasteiger partial charge in [-0.1, -0.05) is 23.2 Å². The maximum Gasteiger partial charge on any atom is 0.273 e. The molecule has 0 fully saturated rings. The van der Waals surface area contributed by atoms with Crippen LogP contribution < -0.4 is 10.0 Å². The predicted octanol–water partition coefficient (Wildman–Crippen LogP) is 2.03. The second-order valence-corrected chi connectivity index (χ2v) is 8.19. The second kappa shape index (κ2) is 7.93. The number of pyridine rings is 1. The fourth-order valence-electron chi connectivity index (χ4n) is 2.09. The Morgan fingerprint density at radius 2 is 2.00 bits per heavy atom. The third kappa shape index (κ3) is 4.54. The first-order valence-corrected chi connectivity index (χ1v) is 9.75. The molecule has 0 saturated carbocycles. The Morgan fingerprint density at radius 3 is 2.58 bits per heavy atom. The first-order chi connectivity index (χ1) is 12.0. The molecule has 0 aromatic carbocycles. The Bertz CT molecular complexity index is 928. The van der Waals surface area contributed by atoms with Crippen LogP contribution in [-0.2, 0) is 17.1 Å². The first kappa shape index (κ1) is 20.7. The molecule has 2 aromatic rings. The summed E-state index contributed by atoms with van der Waals surface area (Å²) in [4.78, 5) is 16.1. The third-order valence-corrected chi connectivity index (χ3v) is 5.91. The van der Waals surface area contributed by atoms with Crippen LogP contribution in [0.5, 0.6) is 0 Å². The van der Waals surface area contributed by atoms with Gasteiger partial charge in [0.2, 0.25) is 10.0 Å². The molecule has 142 valence electrons. The van der Waals surface area contributed by atoms with Gasteiger partial charge in [-0.25, -0.2) is 18.1 Å². The molecular weight excluding hydrogens is 403 g/mol. The number of nitrogens with zero attached hydrogens (tertiary/aromatic N) is 2. The molecule has 2 rings (SSSR count). The van der Waals surface area contributed by atoms with E-state index in [-0.39, 0.29) is 20.8 Å². The number of aliphatic hydroxyl groups excluding tert-OH is 1. The Morgan fingerprint density at radius 1 is 1.35 bits per heavy atom. The summed E-state index contributed by atoms with van der Waals surface area (Å²) in [6, 6.07) is 2.25. The number of hydrogen-bond donors (Lipinski definition) is 3. The number of hydrogen-bond acceptors (Lipinski definition) is 5. The summed E-state index contributed by atoms with van der Waals surface area (Å²) >= 11 is 11.9. The van der Waals surface area contributed by atoms with Gasteiger partial charge in [-0.15, -0.1) is 0 Å². The summed E-state index contributed by atoms with van der Waals surface area (Å²) in [5.41, 5.74) is 0.349. The fourth-order valence-corrected chi connectivity index (χ4v) is 4.28. The number of sulfonamides is 1. The highest BCUT2D eigenvalue weighted by atomic mass is 35.5. The monoisotopic (exact) mass is 420 g/mol. The van der Waals surface area contributed by atoms with Gasteiger partial charge in [-0.05, 0) is 26.0 Å². The maximum atomic E-state index is 12.5. The Hall–Kier alpha value is -1.65. The number of halogens is 2. The smallest absolute Gasteiger partial charge is 0.273 e. The summed E-state index contributed by atoms with van der Waals surface area (Å²) in [7, 11) is -2.53. The molecule has 8 nitrogen and oxygen atoms in total. The van der Waals surface area contributed by atoms with Crippen molar-refractivity contribution in [3.05, 3.63) is 40.4 Å². The number of rotatable bonds is 6. The minimum absolute atomic E-state index is 0.0373. The third-order valence-electron chi connectivity index (χ3n) is 3.64. The van der Waals surface area contributed by atoms with E-state index in [2.05, 4.69) is 15.0 Å². The quantitative estimate of drug-likeness (QED) is 0.618. The second-order valence-electron chi connectivity index (χ2n) is 5.74. The van der Waals surface area contributed by atoms with Crippen LogP contribution in [0.25, 0.3) is 0 Å². The van der Waals surface area contributed by atoms with Crippen LogP contribution in [0, 0.1) is 0 Å². The number of aryl methyl sites for hydroxylation is 1. The fraction of sp³-hybridized carbons (Fsp3) is 0.333. The number of carbonyl (C=O) groups is 1. The van der Waals surface area contributed by atoms with Crippen molar-refractivity contribution in [1.29, 1.82) is 0 Å². The van der Waals surface area contributed by atoms with E-state index < -0.39 is 28.1 Å². The molecule has 26 heavy (non-hydrogen) atoms. The molecule has 2 atom stereocenters. The summed E-state index contributed by atoms with van der Waals surface area (Å²) in [5.74, 6) is -0.607. The summed E-state index contributed by atoms with van der Waals surface area (Å²) in [5, 5.41) is 12.0. The van der Waals surface area contributed by atoms with Crippen molar-refractivity contribution >= 4 is 44.8 Å². The molecule has 1 amide bonds. The van der Waals surface area contributed by atoms with E-state index in [1.54, 1.807) is 0 Å². The number of aliphatic hydroxyl groups is 1. The van der Waals surface area contributed by atoms with Crippen LogP contribution in [0.1, 0.15) is 24.3 Å². The topological polar surface area (TPSA) is 113 Å². The zero-order chi connectivity index (χ0) is 19.6. The molecule has 0 aliphatic heterocycles. The summed E-state index contributed by atoms with van der Waals surface area (Å²) in [6.45, 7) is 2.97. The number of aromatic nitrogens is 2. The average molecular weight is 421 g/mol. The zero-order valence-electron chi connectivity index (χ0n) is 14.2. The number of carbonyl (C=O) groups excluding carboxylic acids is 1. The van der Waals surface area contributed by atoms with E-state index in [1.165, 1.54) is 50.0 Å². The van der Waals surface area contributed by atoms with Crippen LogP contribution in [0.15, 0.2) is 29.4 Å². The van der Waals surface area contributed by atoms with Crippen molar-refractivity contribution in [2.75, 3.05) is 5.32 Å². The maximum absolute atomic E-state index is 12.5. The largest absolute Gasteiger partial charge is 0.392 e. The number of amides is 1. The average Bonchev–Trinajstić information content (AvgIpc) is 2.82. The SMILES string of the molecule is CC(O)C(C)NS(=O)(=O)c1cn(C)c(C(=O)Nc2ccnc(Cl)c2)c1Cl. The van der Waals surface area contributed by atoms with Crippen LogP contribution >= 0.6 is 23.2 Å². The Balaban J connectivity index is 2.33. The highest BCUT2D eigenvalue weighted by Crippen LogP contribution is 2.28. The lowest BCUT2D eigenvalue weighted by Crippen LogP contribution is -2.39. The predicted molar refractivity (Wildman–Crippen MR) is 99.1 cm³/mol. The van der Waals surface area contributed by atoms with Gasteiger partial charge >= 0.3 is 0 Å². The molecular formula is C15H18Cl2N4O4S. The Labute approximate surface area is 161 Å². The standard InChI is InChI=1S/C15H18Cl2N4O4S/c1-8(9(2)22)20-26(24,25)11-7-21(3)14(13(11)17)15(23)19-10-4-5-18-12(16)6-10/h4-9,20,22H,1-3H3,(H,18,19,23). The molecule has 0 aliphatic carbocycles. The van der Waals surface area contributed by atoms with Gasteiger partial charge in [0.15, 0.2) is 0 Å². The number of nitrogens with one attached hydrogen (secondary N) is 2. The molecule has 0 spiro atoms. The van der Waals surface area contributed by atoms with Crippen LogP contribution in [0.4, 0.5) is 5.69 Å². The van der Waals surface area contributed by atoms with E-state index >= 15 is 0 Å². The molecule has 0 bridgehead atoms. The highest BCUT2D eigenvalue weighted by molar-refractivity contribution is 7.89. The molecule has 2 aromatic heterocycles. The van der Waals surface area contributed by atoms with Gasteiger partial charge in [0, 0.05) is 31.2 Å². The van der Waals surface area contributed by atoms with Crippen LogP contribution in [-0.4, -0.2) is 41.1 Å². The summed E-state index contributed by atoms with van der Waals surface area (Å²) in [6.07, 6.45) is 1.75. The van der Waals surface area contributed by atoms with Crippen molar-refractivity contribution in [2.24, 2.45) is 7.05 Å². The lowest BCUT2D eigenvalue weighted by molar-refractivity contribution is 0.101. The van der Waals surface area contributed by atoms with E-state index in [4.69, 9.17) is 23.2 Å². The van der Waals surface area contributed by atoms with Gasteiger partial charge in [-0.2, -0.15) is 0 Å². The van der Waals surface area contributed by atoms with Crippen molar-refractivity contribution in [1.82, 2.24) is 14.3 Å². The molecule has 3 N–H and O–H groups in total. The highest BCUT2D eigenvalue weighted by Gasteiger charge is 2.29. The van der Waals surface area contributed by atoms with E-state index in [0.29, 0.717) is 5.69 Å². The molecule has 11 heteroatoms. The van der Waals surface area contributed by atoms with Gasteiger partial charge in [0.25, 0.3) is 5.91 Å². The van der Waals surface area contributed by atoms with Gasteiger partial charge < -0.3 is 15.0 Å². The molecule has 2 heterocycles. The minimum Gasteiger partial charge on any atom is -0.392 e. The van der Waals surface area contributed by atoms with Crippen molar-refractivity contribution in [2.45, 2.75) is 30.9 Å². The van der Waals surface area contributed by atoms with E-state index in [0.717, 1.165) is 0 Å². The van der Waals surface area contributed by atoms with Crippen molar-refractivity contribution < 1.29 is 18.3 Å². The molecule has 0 saturated heterocycles. The molecule has 0 aliphatic rings. The zero-order valence-corrected chi connectivity index (χ0v) is 16.5.